The number of carbonyl (C=O) groups excluding carboxylic acids is 2. The molecule has 0 aliphatic heterocycles. The van der Waals surface area contributed by atoms with Crippen molar-refractivity contribution in [2.24, 2.45) is 0 Å². The van der Waals surface area contributed by atoms with Crippen LogP contribution in [0.2, 0.25) is 0 Å². The lowest BCUT2D eigenvalue weighted by Crippen LogP contribution is -2.14. The first-order chi connectivity index (χ1) is 11.5. The third kappa shape index (κ3) is 3.06. The van der Waals surface area contributed by atoms with E-state index in [-0.39, 0.29) is 12.4 Å². The van der Waals surface area contributed by atoms with Crippen molar-refractivity contribution in [3.8, 4) is 0 Å². The molecule has 5 heteroatoms. The van der Waals surface area contributed by atoms with Crippen LogP contribution in [-0.2, 0) is 4.74 Å². The fraction of sp³-hybridized carbons (Fsp3) is 0.158. The monoisotopic (exact) mass is 325 g/mol. The summed E-state index contributed by atoms with van der Waals surface area (Å²) in [5.74, 6) is -1.36. The minimum absolute atomic E-state index is 0.303. The summed E-state index contributed by atoms with van der Waals surface area (Å²) in [7, 11) is 0. The van der Waals surface area contributed by atoms with E-state index < -0.39 is 11.8 Å². The van der Waals surface area contributed by atoms with Crippen molar-refractivity contribution in [1.82, 2.24) is 4.98 Å². The standard InChI is InChI=1S/C19H16FNO3/c1-11-12(2)21-17-8-5-14(9-16(11)17)19(23)24-10-18(22)13-3-6-15(20)7-4-13/h3-9,21H,10H2,1-2H3. The molecular formula is C19H16FNO3. The van der Waals surface area contributed by atoms with Gasteiger partial charge in [0.25, 0.3) is 0 Å². The first-order valence-corrected chi connectivity index (χ1v) is 7.50. The Bertz CT molecular complexity index is 926. The predicted octanol–water partition coefficient (Wildman–Crippen LogP) is 3.96. The number of Topliss-reactive ketones (excluding diaryl/α,β-unsaturated/α-hetero) is 1. The van der Waals surface area contributed by atoms with Crippen LogP contribution < -0.4 is 0 Å². The van der Waals surface area contributed by atoms with Crippen molar-refractivity contribution < 1.29 is 18.7 Å². The van der Waals surface area contributed by atoms with Gasteiger partial charge in [0, 0.05) is 22.2 Å². The van der Waals surface area contributed by atoms with Crippen LogP contribution in [0.1, 0.15) is 32.0 Å². The van der Waals surface area contributed by atoms with E-state index in [4.69, 9.17) is 4.74 Å². The molecule has 0 radical (unpaired) electrons. The smallest absolute Gasteiger partial charge is 0.338 e. The molecule has 0 amide bonds. The second-order valence-electron chi connectivity index (χ2n) is 5.64. The largest absolute Gasteiger partial charge is 0.454 e. The molecular weight excluding hydrogens is 309 g/mol. The third-order valence-electron chi connectivity index (χ3n) is 4.04. The van der Waals surface area contributed by atoms with Gasteiger partial charge in [-0.15, -0.1) is 0 Å². The number of hydrogen-bond acceptors (Lipinski definition) is 3. The number of carbonyl (C=O) groups is 2. The third-order valence-corrected chi connectivity index (χ3v) is 4.04. The van der Waals surface area contributed by atoms with Crippen LogP contribution in [-0.4, -0.2) is 23.3 Å². The highest BCUT2D eigenvalue weighted by Gasteiger charge is 2.14. The van der Waals surface area contributed by atoms with Crippen molar-refractivity contribution >= 4 is 22.7 Å². The number of aryl methyl sites for hydroxylation is 2. The van der Waals surface area contributed by atoms with Crippen LogP contribution in [0.3, 0.4) is 0 Å². The first-order valence-electron chi connectivity index (χ1n) is 7.50. The number of rotatable bonds is 4. The van der Waals surface area contributed by atoms with Crippen molar-refractivity contribution in [2.75, 3.05) is 6.61 Å². The Balaban J connectivity index is 1.71. The van der Waals surface area contributed by atoms with Gasteiger partial charge in [-0.3, -0.25) is 4.79 Å². The van der Waals surface area contributed by atoms with Gasteiger partial charge >= 0.3 is 5.97 Å². The van der Waals surface area contributed by atoms with Crippen LogP contribution in [0, 0.1) is 19.7 Å². The summed E-state index contributed by atoms with van der Waals surface area (Å²) < 4.78 is 17.9. The highest BCUT2D eigenvalue weighted by Crippen LogP contribution is 2.22. The molecule has 0 saturated carbocycles. The van der Waals surface area contributed by atoms with Crippen LogP contribution in [0.5, 0.6) is 0 Å². The molecule has 0 spiro atoms. The summed E-state index contributed by atoms with van der Waals surface area (Å²) in [5.41, 5.74) is 3.75. The summed E-state index contributed by atoms with van der Waals surface area (Å²) in [4.78, 5) is 27.3. The molecule has 3 aromatic rings. The van der Waals surface area contributed by atoms with E-state index in [2.05, 4.69) is 4.98 Å². The van der Waals surface area contributed by atoms with Gasteiger partial charge in [0.1, 0.15) is 5.82 Å². The molecule has 122 valence electrons. The van der Waals surface area contributed by atoms with E-state index >= 15 is 0 Å². The molecule has 3 rings (SSSR count). The predicted molar refractivity (Wildman–Crippen MR) is 88.8 cm³/mol. The van der Waals surface area contributed by atoms with Gasteiger partial charge in [-0.25, -0.2) is 9.18 Å². The molecule has 4 nitrogen and oxygen atoms in total. The maximum atomic E-state index is 12.8. The number of fused-ring (bicyclic) bond motifs is 1. The van der Waals surface area contributed by atoms with E-state index in [1.807, 2.05) is 19.9 Å². The number of ketones is 1. The molecule has 1 aromatic heterocycles. The minimum atomic E-state index is -0.564. The number of aromatic nitrogens is 1. The number of hydrogen-bond donors (Lipinski definition) is 1. The van der Waals surface area contributed by atoms with Crippen LogP contribution in [0.25, 0.3) is 10.9 Å². The zero-order valence-corrected chi connectivity index (χ0v) is 13.4. The Hall–Kier alpha value is -2.95. The summed E-state index contributed by atoms with van der Waals surface area (Å²) in [6.45, 7) is 3.56. The maximum absolute atomic E-state index is 12.8. The Morgan fingerprint density at radius 2 is 1.71 bits per heavy atom. The Kier molecular flexibility index (Phi) is 4.16. The fourth-order valence-electron chi connectivity index (χ4n) is 2.52. The van der Waals surface area contributed by atoms with Crippen LogP contribution in [0.15, 0.2) is 42.5 Å². The number of H-pyrrole nitrogens is 1. The summed E-state index contributed by atoms with van der Waals surface area (Å²) in [6, 6.07) is 10.3. The SMILES string of the molecule is Cc1[nH]c2ccc(C(=O)OCC(=O)c3ccc(F)cc3)cc2c1C. The fourth-order valence-corrected chi connectivity index (χ4v) is 2.52. The number of esters is 1. The minimum Gasteiger partial charge on any atom is -0.454 e. The topological polar surface area (TPSA) is 59.2 Å². The van der Waals surface area contributed by atoms with E-state index in [0.717, 1.165) is 22.2 Å². The number of nitrogens with one attached hydrogen (secondary N) is 1. The summed E-state index contributed by atoms with van der Waals surface area (Å²) >= 11 is 0. The average molecular weight is 325 g/mol. The van der Waals surface area contributed by atoms with E-state index in [1.165, 1.54) is 24.3 Å². The molecule has 0 aliphatic carbocycles. The van der Waals surface area contributed by atoms with Crippen LogP contribution in [0.4, 0.5) is 4.39 Å². The average Bonchev–Trinajstić information content (AvgIpc) is 2.87. The number of benzene rings is 2. The van der Waals surface area contributed by atoms with Gasteiger partial charge in [-0.2, -0.15) is 0 Å². The highest BCUT2D eigenvalue weighted by atomic mass is 19.1. The van der Waals surface area contributed by atoms with Gasteiger partial charge in [0.2, 0.25) is 0 Å². The van der Waals surface area contributed by atoms with Crippen LogP contribution >= 0.6 is 0 Å². The Morgan fingerprint density at radius 1 is 1.04 bits per heavy atom. The molecule has 1 heterocycles. The number of ether oxygens (including phenoxy) is 1. The van der Waals surface area contributed by atoms with Gasteiger partial charge in [-0.1, -0.05) is 0 Å². The normalized spacial score (nSPS) is 10.8. The Labute approximate surface area is 138 Å². The summed E-state index contributed by atoms with van der Waals surface area (Å²) in [5, 5.41) is 0.951. The lowest BCUT2D eigenvalue weighted by molar-refractivity contribution is 0.0475. The Morgan fingerprint density at radius 3 is 2.42 bits per heavy atom. The second kappa shape index (κ2) is 6.28. The van der Waals surface area contributed by atoms with Gasteiger partial charge in [-0.05, 0) is 61.9 Å². The van der Waals surface area contributed by atoms with Crippen molar-refractivity contribution in [2.45, 2.75) is 13.8 Å². The zero-order chi connectivity index (χ0) is 17.3. The molecule has 0 atom stereocenters. The summed E-state index contributed by atoms with van der Waals surface area (Å²) in [6.07, 6.45) is 0. The molecule has 0 fully saturated rings. The molecule has 0 unspecified atom stereocenters. The first kappa shape index (κ1) is 15.9. The lowest BCUT2D eigenvalue weighted by atomic mass is 10.1. The van der Waals surface area contributed by atoms with E-state index in [9.17, 15) is 14.0 Å². The van der Waals surface area contributed by atoms with Gasteiger partial charge in [0.15, 0.2) is 12.4 Å². The molecule has 1 N–H and O–H groups in total. The van der Waals surface area contributed by atoms with Gasteiger partial charge in [0.05, 0.1) is 5.56 Å². The van der Waals surface area contributed by atoms with E-state index in [1.54, 1.807) is 12.1 Å². The molecule has 0 saturated heterocycles. The number of halogens is 1. The van der Waals surface area contributed by atoms with Crippen molar-refractivity contribution in [1.29, 1.82) is 0 Å². The zero-order valence-electron chi connectivity index (χ0n) is 13.4. The van der Waals surface area contributed by atoms with Gasteiger partial charge < -0.3 is 9.72 Å². The number of aromatic amines is 1. The molecule has 0 aliphatic rings. The quantitative estimate of drug-likeness (QED) is 0.583. The maximum Gasteiger partial charge on any atom is 0.338 e. The van der Waals surface area contributed by atoms with Crippen molar-refractivity contribution in [3.63, 3.8) is 0 Å². The lowest BCUT2D eigenvalue weighted by Gasteiger charge is -2.05. The molecule has 0 bridgehead atoms. The van der Waals surface area contributed by atoms with Crippen molar-refractivity contribution in [3.05, 3.63) is 70.7 Å². The van der Waals surface area contributed by atoms with E-state index in [0.29, 0.717) is 11.1 Å². The second-order valence-corrected chi connectivity index (χ2v) is 5.64. The molecule has 2 aromatic carbocycles. The molecule has 24 heavy (non-hydrogen) atoms. The highest BCUT2D eigenvalue weighted by molar-refractivity contribution is 6.00.